The summed E-state index contributed by atoms with van der Waals surface area (Å²) < 4.78 is 0. The summed E-state index contributed by atoms with van der Waals surface area (Å²) in [5.41, 5.74) is 7.37. The second kappa shape index (κ2) is 14.6. The summed E-state index contributed by atoms with van der Waals surface area (Å²) in [5.74, 6) is -0.511. The minimum Gasteiger partial charge on any atom is -0.374 e. The first kappa shape index (κ1) is 30.1. The van der Waals surface area contributed by atoms with Crippen LogP contribution in [-0.4, -0.2) is 54.0 Å². The second-order valence-corrected chi connectivity index (χ2v) is 10.2. The molecule has 10 heteroatoms. The molecule has 0 unspecified atom stereocenters. The molecule has 3 aromatic rings. The number of nitrogens with one attached hydrogen (secondary N) is 3. The Bertz CT molecular complexity index is 1330. The molecule has 0 bridgehead atoms. The Morgan fingerprint density at radius 1 is 0.974 bits per heavy atom. The fourth-order valence-corrected chi connectivity index (χ4v) is 4.68. The van der Waals surface area contributed by atoms with Crippen LogP contribution in [0.3, 0.4) is 0 Å². The number of hydrogen-bond donors (Lipinski definition) is 4. The van der Waals surface area contributed by atoms with E-state index in [2.05, 4.69) is 10.6 Å². The average molecular weight is 571 g/mol. The van der Waals surface area contributed by atoms with Crippen LogP contribution in [0.4, 0.5) is 0 Å². The standard InChI is InChI=1S/C29H33Cl2N5O3/c1-19(32)34-11-4-7-27(33)29(39)36(18-20-13-24(30)16-25(31)14-20)12-10-26(37)17-35-28(38)23-9-8-21-5-2-3-6-22(21)15-23/h2-3,5-6,8-9,13-16,27H,4,7,10-12,17-18,33H2,1H3,(H2,32,34)(H,35,38)/t27-/m0/s1. The zero-order valence-electron chi connectivity index (χ0n) is 21.8. The quantitative estimate of drug-likeness (QED) is 0.136. The van der Waals surface area contributed by atoms with Crippen molar-refractivity contribution in [3.63, 3.8) is 0 Å². The van der Waals surface area contributed by atoms with Crippen molar-refractivity contribution in [3.05, 3.63) is 81.8 Å². The predicted molar refractivity (Wildman–Crippen MR) is 156 cm³/mol. The Morgan fingerprint density at radius 3 is 2.36 bits per heavy atom. The first-order chi connectivity index (χ1) is 18.6. The van der Waals surface area contributed by atoms with Gasteiger partial charge in [0, 0.05) is 41.7 Å². The van der Waals surface area contributed by atoms with Crippen LogP contribution < -0.4 is 16.4 Å². The van der Waals surface area contributed by atoms with E-state index in [0.29, 0.717) is 46.4 Å². The Morgan fingerprint density at radius 2 is 1.67 bits per heavy atom. The van der Waals surface area contributed by atoms with Gasteiger partial charge in [-0.25, -0.2) is 0 Å². The van der Waals surface area contributed by atoms with Crippen LogP contribution in [0.5, 0.6) is 0 Å². The van der Waals surface area contributed by atoms with Crippen molar-refractivity contribution in [1.82, 2.24) is 15.5 Å². The van der Waals surface area contributed by atoms with Crippen molar-refractivity contribution in [2.45, 2.75) is 38.8 Å². The Balaban J connectivity index is 1.59. The minimum atomic E-state index is -0.768. The van der Waals surface area contributed by atoms with Crippen LogP contribution >= 0.6 is 23.2 Å². The van der Waals surface area contributed by atoms with Crippen molar-refractivity contribution >= 4 is 57.4 Å². The van der Waals surface area contributed by atoms with E-state index in [9.17, 15) is 14.4 Å². The second-order valence-electron chi connectivity index (χ2n) is 9.37. The molecule has 206 valence electrons. The number of carbonyl (C=O) groups excluding carboxylic acids is 3. The summed E-state index contributed by atoms with van der Waals surface area (Å²) in [6.45, 7) is 2.33. The first-order valence-corrected chi connectivity index (χ1v) is 13.4. The Labute approximate surface area is 238 Å². The Hall–Kier alpha value is -3.46. The maximum absolute atomic E-state index is 13.2. The van der Waals surface area contributed by atoms with Crippen LogP contribution in [0.1, 0.15) is 42.1 Å². The molecule has 0 spiro atoms. The molecule has 3 aromatic carbocycles. The van der Waals surface area contributed by atoms with Crippen LogP contribution in [-0.2, 0) is 16.1 Å². The van der Waals surface area contributed by atoms with E-state index >= 15 is 0 Å². The van der Waals surface area contributed by atoms with Gasteiger partial charge in [-0.05, 0) is 66.4 Å². The highest BCUT2D eigenvalue weighted by Crippen LogP contribution is 2.21. The number of amidine groups is 1. The van der Waals surface area contributed by atoms with Gasteiger partial charge in [-0.2, -0.15) is 0 Å². The average Bonchev–Trinajstić information content (AvgIpc) is 2.90. The van der Waals surface area contributed by atoms with Gasteiger partial charge in [-0.3, -0.25) is 19.8 Å². The molecule has 0 aromatic heterocycles. The van der Waals surface area contributed by atoms with Crippen LogP contribution in [0.15, 0.2) is 60.7 Å². The van der Waals surface area contributed by atoms with Crippen molar-refractivity contribution in [3.8, 4) is 0 Å². The number of halogens is 2. The van der Waals surface area contributed by atoms with Gasteiger partial charge in [0.15, 0.2) is 5.78 Å². The molecule has 3 rings (SSSR count). The number of nitrogens with zero attached hydrogens (tertiary/aromatic N) is 1. The number of nitrogens with two attached hydrogens (primary N) is 1. The van der Waals surface area contributed by atoms with E-state index in [0.717, 1.165) is 10.8 Å². The summed E-state index contributed by atoms with van der Waals surface area (Å²) in [5, 5.41) is 15.8. The molecule has 5 N–H and O–H groups in total. The number of carbonyl (C=O) groups is 3. The van der Waals surface area contributed by atoms with Crippen LogP contribution in [0.2, 0.25) is 10.0 Å². The van der Waals surface area contributed by atoms with Gasteiger partial charge in [-0.1, -0.05) is 53.5 Å². The molecular weight excluding hydrogens is 537 g/mol. The fourth-order valence-electron chi connectivity index (χ4n) is 4.11. The van der Waals surface area contributed by atoms with E-state index in [1.165, 1.54) is 4.90 Å². The first-order valence-electron chi connectivity index (χ1n) is 12.7. The summed E-state index contributed by atoms with van der Waals surface area (Å²) >= 11 is 12.3. The number of rotatable bonds is 13. The Kier molecular flexibility index (Phi) is 11.3. The van der Waals surface area contributed by atoms with Gasteiger partial charge in [0.25, 0.3) is 5.91 Å². The highest BCUT2D eigenvalue weighted by atomic mass is 35.5. The smallest absolute Gasteiger partial charge is 0.251 e. The van der Waals surface area contributed by atoms with Crippen molar-refractivity contribution in [1.29, 1.82) is 5.41 Å². The molecule has 1 atom stereocenters. The highest BCUT2D eigenvalue weighted by molar-refractivity contribution is 6.34. The summed E-state index contributed by atoms with van der Waals surface area (Å²) in [6, 6.07) is 17.3. The zero-order chi connectivity index (χ0) is 28.4. The fraction of sp³-hybridized carbons (Fsp3) is 0.310. The van der Waals surface area contributed by atoms with Crippen molar-refractivity contribution in [2.75, 3.05) is 19.6 Å². The van der Waals surface area contributed by atoms with E-state index in [1.807, 2.05) is 30.3 Å². The topological polar surface area (TPSA) is 128 Å². The van der Waals surface area contributed by atoms with Crippen molar-refractivity contribution in [2.24, 2.45) is 5.73 Å². The zero-order valence-corrected chi connectivity index (χ0v) is 23.3. The van der Waals surface area contributed by atoms with Gasteiger partial charge in [0.1, 0.15) is 0 Å². The molecule has 8 nitrogen and oxygen atoms in total. The number of amides is 2. The maximum Gasteiger partial charge on any atom is 0.251 e. The molecule has 0 aliphatic carbocycles. The summed E-state index contributed by atoms with van der Waals surface area (Å²) in [4.78, 5) is 40.0. The van der Waals surface area contributed by atoms with E-state index < -0.39 is 6.04 Å². The molecule has 0 aliphatic heterocycles. The van der Waals surface area contributed by atoms with E-state index in [1.54, 1.807) is 37.3 Å². The third kappa shape index (κ3) is 9.66. The monoisotopic (exact) mass is 569 g/mol. The molecule has 39 heavy (non-hydrogen) atoms. The lowest BCUT2D eigenvalue weighted by Gasteiger charge is -2.26. The predicted octanol–water partition coefficient (Wildman–Crippen LogP) is 4.56. The van der Waals surface area contributed by atoms with Gasteiger partial charge in [-0.15, -0.1) is 0 Å². The highest BCUT2D eigenvalue weighted by Gasteiger charge is 2.22. The van der Waals surface area contributed by atoms with Crippen LogP contribution in [0, 0.1) is 5.41 Å². The number of hydrogen-bond acceptors (Lipinski definition) is 5. The number of fused-ring (bicyclic) bond motifs is 1. The van der Waals surface area contributed by atoms with Gasteiger partial charge in [0.2, 0.25) is 5.91 Å². The SMILES string of the molecule is CC(=N)NCCC[C@H](N)C(=O)N(CCC(=O)CNC(=O)c1ccc2ccccc2c1)Cc1cc(Cl)cc(Cl)c1. The number of ketones is 1. The van der Waals surface area contributed by atoms with Crippen molar-refractivity contribution < 1.29 is 14.4 Å². The molecule has 0 radical (unpaired) electrons. The largest absolute Gasteiger partial charge is 0.374 e. The normalized spacial score (nSPS) is 11.6. The van der Waals surface area contributed by atoms with Gasteiger partial charge < -0.3 is 21.3 Å². The molecule has 0 heterocycles. The third-order valence-corrected chi connectivity index (χ3v) is 6.56. The van der Waals surface area contributed by atoms with E-state index in [-0.39, 0.29) is 43.7 Å². The lowest BCUT2D eigenvalue weighted by atomic mass is 10.1. The molecule has 0 saturated carbocycles. The molecular formula is C29H33Cl2N5O3. The van der Waals surface area contributed by atoms with Gasteiger partial charge in [0.05, 0.1) is 18.4 Å². The molecule has 0 fully saturated rings. The maximum atomic E-state index is 13.2. The summed E-state index contributed by atoms with van der Waals surface area (Å²) in [6.07, 6.45) is 1.07. The molecule has 2 amide bonds. The lowest BCUT2D eigenvalue weighted by Crippen LogP contribution is -2.45. The lowest BCUT2D eigenvalue weighted by molar-refractivity contribution is -0.133. The number of benzene rings is 3. The summed E-state index contributed by atoms with van der Waals surface area (Å²) in [7, 11) is 0. The molecule has 0 saturated heterocycles. The number of Topliss-reactive ketones (excluding diaryl/α,β-unsaturated/α-hetero) is 1. The van der Waals surface area contributed by atoms with Crippen LogP contribution in [0.25, 0.3) is 10.8 Å². The van der Waals surface area contributed by atoms with Gasteiger partial charge >= 0.3 is 0 Å². The van der Waals surface area contributed by atoms with E-state index in [4.69, 9.17) is 34.3 Å². The third-order valence-electron chi connectivity index (χ3n) is 6.13. The molecule has 0 aliphatic rings. The minimum absolute atomic E-state index is 0.0410.